The number of benzene rings is 2. The fourth-order valence-electron chi connectivity index (χ4n) is 4.15. The number of carbonyl (C=O) groups excluding carboxylic acids is 4. The Morgan fingerprint density at radius 1 is 0.906 bits per heavy atom. The molecule has 2 aliphatic rings. The van der Waals surface area contributed by atoms with Crippen LogP contribution in [0.25, 0.3) is 0 Å². The molecule has 166 valence electrons. The molecule has 0 spiro atoms. The highest BCUT2D eigenvalue weighted by molar-refractivity contribution is 6.23. The maximum atomic E-state index is 13.2. The lowest BCUT2D eigenvalue weighted by atomic mass is 10.1. The van der Waals surface area contributed by atoms with Crippen LogP contribution >= 0.6 is 0 Å². The number of amides is 4. The van der Waals surface area contributed by atoms with Gasteiger partial charge in [-0.1, -0.05) is 31.2 Å². The number of imide groups is 1. The Morgan fingerprint density at radius 3 is 2.06 bits per heavy atom. The molecule has 0 aromatic heterocycles. The summed E-state index contributed by atoms with van der Waals surface area (Å²) in [6, 6.07) is 12.4. The first-order chi connectivity index (χ1) is 15.4. The van der Waals surface area contributed by atoms with Crippen LogP contribution in [0, 0.1) is 0 Å². The summed E-state index contributed by atoms with van der Waals surface area (Å²) in [4.78, 5) is 56.9. The van der Waals surface area contributed by atoms with Gasteiger partial charge in [-0.15, -0.1) is 0 Å². The van der Waals surface area contributed by atoms with Crippen LogP contribution in [0.4, 0.5) is 5.69 Å². The van der Waals surface area contributed by atoms with Crippen molar-refractivity contribution in [1.29, 1.82) is 0 Å². The Balaban J connectivity index is 1.55. The number of nitrogens with zero attached hydrogens (tertiary/aromatic N) is 3. The fraction of sp³-hybridized carbons (Fsp3) is 0.333. The van der Waals surface area contributed by atoms with Crippen molar-refractivity contribution in [3.8, 4) is 0 Å². The lowest BCUT2D eigenvalue weighted by Crippen LogP contribution is -2.48. The van der Waals surface area contributed by atoms with Gasteiger partial charge in [-0.05, 0) is 37.7 Å². The van der Waals surface area contributed by atoms with Gasteiger partial charge in [0.25, 0.3) is 17.7 Å². The van der Waals surface area contributed by atoms with Crippen molar-refractivity contribution in [2.45, 2.75) is 19.4 Å². The molecule has 0 bridgehead atoms. The van der Waals surface area contributed by atoms with Gasteiger partial charge in [0.05, 0.1) is 22.4 Å². The van der Waals surface area contributed by atoms with Gasteiger partial charge in [0, 0.05) is 26.2 Å². The van der Waals surface area contributed by atoms with Gasteiger partial charge in [-0.3, -0.25) is 24.1 Å². The lowest BCUT2D eigenvalue weighted by Gasteiger charge is -2.33. The molecule has 2 heterocycles. The summed E-state index contributed by atoms with van der Waals surface area (Å²) < 4.78 is 0. The first-order valence-corrected chi connectivity index (χ1v) is 10.8. The normalized spacial score (nSPS) is 17.3. The topological polar surface area (TPSA) is 90.0 Å². The van der Waals surface area contributed by atoms with E-state index in [-0.39, 0.29) is 12.3 Å². The molecule has 0 saturated carbocycles. The summed E-state index contributed by atoms with van der Waals surface area (Å²) in [7, 11) is 2.01. The molecule has 1 saturated heterocycles. The van der Waals surface area contributed by atoms with Crippen molar-refractivity contribution in [2.75, 3.05) is 38.5 Å². The zero-order chi connectivity index (χ0) is 22.8. The van der Waals surface area contributed by atoms with Crippen LogP contribution in [-0.2, 0) is 4.79 Å². The van der Waals surface area contributed by atoms with E-state index in [1.54, 1.807) is 60.4 Å². The van der Waals surface area contributed by atoms with Crippen LogP contribution in [0.5, 0.6) is 0 Å². The van der Waals surface area contributed by atoms with Crippen molar-refractivity contribution in [1.82, 2.24) is 14.7 Å². The van der Waals surface area contributed by atoms with E-state index in [4.69, 9.17) is 0 Å². The van der Waals surface area contributed by atoms with E-state index in [2.05, 4.69) is 10.2 Å². The Kier molecular flexibility index (Phi) is 6.05. The summed E-state index contributed by atoms with van der Waals surface area (Å²) in [5, 5.41) is 2.79. The summed E-state index contributed by atoms with van der Waals surface area (Å²) in [6.45, 7) is 4.55. The molecule has 8 heteroatoms. The molecular weight excluding hydrogens is 408 g/mol. The number of nitrogens with one attached hydrogen (secondary N) is 1. The quantitative estimate of drug-likeness (QED) is 0.728. The first-order valence-electron chi connectivity index (χ1n) is 10.8. The molecule has 32 heavy (non-hydrogen) atoms. The second-order valence-electron chi connectivity index (χ2n) is 8.08. The van der Waals surface area contributed by atoms with E-state index in [0.717, 1.165) is 18.0 Å². The number of likely N-dealkylation sites (N-methyl/N-ethyl adjacent to an activating group) is 1. The Bertz CT molecular complexity index is 1040. The fourth-order valence-corrected chi connectivity index (χ4v) is 4.15. The van der Waals surface area contributed by atoms with Gasteiger partial charge in [-0.2, -0.15) is 0 Å². The van der Waals surface area contributed by atoms with Crippen molar-refractivity contribution >= 4 is 29.3 Å². The molecule has 0 aliphatic carbocycles. The minimum atomic E-state index is -0.978. The summed E-state index contributed by atoms with van der Waals surface area (Å²) in [5.41, 5.74) is 1.36. The molecule has 0 unspecified atom stereocenters. The number of rotatable bonds is 5. The molecule has 0 radical (unpaired) electrons. The molecule has 2 aromatic rings. The molecule has 1 fully saturated rings. The molecule has 1 atom stereocenters. The van der Waals surface area contributed by atoms with E-state index in [9.17, 15) is 19.2 Å². The third kappa shape index (κ3) is 3.89. The Labute approximate surface area is 186 Å². The lowest BCUT2D eigenvalue weighted by molar-refractivity contribution is -0.120. The second-order valence-corrected chi connectivity index (χ2v) is 8.08. The van der Waals surface area contributed by atoms with Crippen LogP contribution in [0.3, 0.4) is 0 Å². The SMILES string of the molecule is CC[C@H](C(=O)Nc1ccccc1C(=O)N1CCN(C)CC1)N1C(=O)c2ccccc2C1=O. The average molecular weight is 434 g/mol. The van der Waals surface area contributed by atoms with Crippen LogP contribution in [0.2, 0.25) is 0 Å². The summed E-state index contributed by atoms with van der Waals surface area (Å²) in [5.74, 6) is -1.60. The number of hydrogen-bond donors (Lipinski definition) is 1. The predicted molar refractivity (Wildman–Crippen MR) is 119 cm³/mol. The van der Waals surface area contributed by atoms with Gasteiger partial charge >= 0.3 is 0 Å². The number of carbonyl (C=O) groups is 4. The van der Waals surface area contributed by atoms with Gasteiger partial charge < -0.3 is 15.1 Å². The molecule has 4 rings (SSSR count). The van der Waals surface area contributed by atoms with Crippen LogP contribution < -0.4 is 5.32 Å². The average Bonchev–Trinajstić information content (AvgIpc) is 3.05. The summed E-state index contributed by atoms with van der Waals surface area (Å²) in [6.07, 6.45) is 0.256. The minimum absolute atomic E-state index is 0.150. The van der Waals surface area contributed by atoms with Gasteiger partial charge in [0.2, 0.25) is 5.91 Å². The predicted octanol–water partition coefficient (Wildman–Crippen LogP) is 2.09. The highest BCUT2D eigenvalue weighted by Gasteiger charge is 2.42. The third-order valence-corrected chi connectivity index (χ3v) is 6.03. The highest BCUT2D eigenvalue weighted by Crippen LogP contribution is 2.27. The number of para-hydroxylation sites is 1. The number of piperazine rings is 1. The summed E-state index contributed by atoms with van der Waals surface area (Å²) >= 11 is 0. The largest absolute Gasteiger partial charge is 0.336 e. The number of anilines is 1. The highest BCUT2D eigenvalue weighted by atomic mass is 16.2. The Morgan fingerprint density at radius 2 is 1.47 bits per heavy atom. The molecular formula is C24H26N4O4. The maximum Gasteiger partial charge on any atom is 0.262 e. The smallest absolute Gasteiger partial charge is 0.262 e. The van der Waals surface area contributed by atoms with Crippen LogP contribution in [0.15, 0.2) is 48.5 Å². The van der Waals surface area contributed by atoms with Crippen molar-refractivity contribution in [3.05, 3.63) is 65.2 Å². The van der Waals surface area contributed by atoms with E-state index < -0.39 is 23.8 Å². The number of fused-ring (bicyclic) bond motifs is 1. The second kappa shape index (κ2) is 8.92. The monoisotopic (exact) mass is 434 g/mol. The molecule has 2 aromatic carbocycles. The number of hydrogen-bond acceptors (Lipinski definition) is 5. The van der Waals surface area contributed by atoms with Crippen LogP contribution in [-0.4, -0.2) is 77.6 Å². The maximum absolute atomic E-state index is 13.2. The Hall–Kier alpha value is -3.52. The van der Waals surface area contributed by atoms with Crippen LogP contribution in [0.1, 0.15) is 44.4 Å². The van der Waals surface area contributed by atoms with Gasteiger partial charge in [0.15, 0.2) is 0 Å². The standard InChI is InChI=1S/C24H26N4O4/c1-3-20(28-23(31)16-8-4-5-9-17(16)24(28)32)21(29)25-19-11-7-6-10-18(19)22(30)27-14-12-26(2)13-15-27/h4-11,20H,3,12-15H2,1-2H3,(H,25,29)/t20-/m1/s1. The van der Waals surface area contributed by atoms with Gasteiger partial charge in [0.1, 0.15) is 6.04 Å². The third-order valence-electron chi connectivity index (χ3n) is 6.03. The molecule has 8 nitrogen and oxygen atoms in total. The van der Waals surface area contributed by atoms with Crippen molar-refractivity contribution in [2.24, 2.45) is 0 Å². The minimum Gasteiger partial charge on any atom is -0.336 e. The van der Waals surface area contributed by atoms with E-state index in [1.165, 1.54) is 0 Å². The zero-order valence-electron chi connectivity index (χ0n) is 18.2. The molecule has 4 amide bonds. The van der Waals surface area contributed by atoms with Crippen molar-refractivity contribution in [3.63, 3.8) is 0 Å². The van der Waals surface area contributed by atoms with Crippen molar-refractivity contribution < 1.29 is 19.2 Å². The van der Waals surface area contributed by atoms with Gasteiger partial charge in [-0.25, -0.2) is 0 Å². The zero-order valence-corrected chi connectivity index (χ0v) is 18.2. The molecule has 2 aliphatic heterocycles. The first kappa shape index (κ1) is 21.7. The molecule has 1 N–H and O–H groups in total. The van der Waals surface area contributed by atoms with E-state index in [1.807, 2.05) is 7.05 Å². The van der Waals surface area contributed by atoms with E-state index >= 15 is 0 Å². The van der Waals surface area contributed by atoms with E-state index in [0.29, 0.717) is 35.5 Å².